The molecule has 0 saturated heterocycles. The predicted octanol–water partition coefficient (Wildman–Crippen LogP) is 1.24. The van der Waals surface area contributed by atoms with Crippen molar-refractivity contribution in [1.29, 1.82) is 0 Å². The van der Waals surface area contributed by atoms with Crippen LogP contribution in [-0.2, 0) is 6.54 Å². The number of carboxylic acids is 1. The average molecular weight is 236 g/mol. The van der Waals surface area contributed by atoms with Crippen LogP contribution in [0, 0.1) is 0 Å². The fourth-order valence-corrected chi connectivity index (χ4v) is 1.68. The SMILES string of the molecule is O=C(O)c1nccnc1NCc1cscn1. The van der Waals surface area contributed by atoms with Gasteiger partial charge in [0.1, 0.15) is 0 Å². The highest BCUT2D eigenvalue weighted by Gasteiger charge is 2.11. The van der Waals surface area contributed by atoms with Crippen LogP contribution < -0.4 is 5.32 Å². The largest absolute Gasteiger partial charge is 0.476 e. The molecule has 0 fully saturated rings. The van der Waals surface area contributed by atoms with Crippen molar-refractivity contribution in [2.45, 2.75) is 6.54 Å². The zero-order valence-corrected chi connectivity index (χ0v) is 8.94. The number of rotatable bonds is 4. The maximum absolute atomic E-state index is 10.8. The van der Waals surface area contributed by atoms with Crippen LogP contribution in [0.3, 0.4) is 0 Å². The van der Waals surface area contributed by atoms with Crippen molar-refractivity contribution >= 4 is 23.1 Å². The molecule has 2 aromatic heterocycles. The number of anilines is 1. The summed E-state index contributed by atoms with van der Waals surface area (Å²) in [6.45, 7) is 0.433. The van der Waals surface area contributed by atoms with Gasteiger partial charge in [0.2, 0.25) is 0 Å². The standard InChI is InChI=1S/C9H8N4O2S/c14-9(15)7-8(11-2-1-10-7)12-3-6-4-16-5-13-6/h1-2,4-5H,3H2,(H,11,12)(H,14,15). The lowest BCUT2D eigenvalue weighted by Crippen LogP contribution is -2.10. The Balaban J connectivity index is 2.12. The summed E-state index contributed by atoms with van der Waals surface area (Å²) in [5.74, 6) is -0.850. The minimum atomic E-state index is -1.10. The van der Waals surface area contributed by atoms with Gasteiger partial charge in [-0.1, -0.05) is 0 Å². The molecule has 0 aliphatic carbocycles. The van der Waals surface area contributed by atoms with Crippen molar-refractivity contribution in [3.05, 3.63) is 34.7 Å². The van der Waals surface area contributed by atoms with Gasteiger partial charge in [0, 0.05) is 17.8 Å². The average Bonchev–Trinajstić information content (AvgIpc) is 2.79. The molecular formula is C9H8N4O2S. The zero-order valence-electron chi connectivity index (χ0n) is 8.12. The number of thiazole rings is 1. The quantitative estimate of drug-likeness (QED) is 0.830. The lowest BCUT2D eigenvalue weighted by atomic mass is 10.4. The summed E-state index contributed by atoms with van der Waals surface area (Å²) >= 11 is 1.48. The highest BCUT2D eigenvalue weighted by molar-refractivity contribution is 7.07. The Labute approximate surface area is 95.0 Å². The van der Waals surface area contributed by atoms with Crippen LogP contribution in [0.4, 0.5) is 5.82 Å². The van der Waals surface area contributed by atoms with Crippen molar-refractivity contribution in [2.75, 3.05) is 5.32 Å². The molecule has 0 unspecified atom stereocenters. The third-order valence-electron chi connectivity index (χ3n) is 1.82. The molecular weight excluding hydrogens is 228 g/mol. The van der Waals surface area contributed by atoms with Crippen LogP contribution in [0.15, 0.2) is 23.3 Å². The molecule has 2 heterocycles. The van der Waals surface area contributed by atoms with Gasteiger partial charge in [-0.3, -0.25) is 0 Å². The van der Waals surface area contributed by atoms with Gasteiger partial charge in [-0.25, -0.2) is 19.7 Å². The molecule has 0 amide bonds. The highest BCUT2D eigenvalue weighted by atomic mass is 32.1. The fourth-order valence-electron chi connectivity index (χ4n) is 1.12. The van der Waals surface area contributed by atoms with Crippen molar-refractivity contribution in [3.63, 3.8) is 0 Å². The first-order valence-corrected chi connectivity index (χ1v) is 5.37. The number of carbonyl (C=O) groups is 1. The summed E-state index contributed by atoms with van der Waals surface area (Å²) < 4.78 is 0. The highest BCUT2D eigenvalue weighted by Crippen LogP contribution is 2.10. The Hall–Kier alpha value is -2.02. The number of aromatic nitrogens is 3. The molecule has 0 aliphatic rings. The van der Waals surface area contributed by atoms with Gasteiger partial charge in [-0.15, -0.1) is 11.3 Å². The summed E-state index contributed by atoms with van der Waals surface area (Å²) in [4.78, 5) is 22.5. The van der Waals surface area contributed by atoms with Gasteiger partial charge < -0.3 is 10.4 Å². The van der Waals surface area contributed by atoms with Crippen molar-refractivity contribution in [1.82, 2.24) is 15.0 Å². The van der Waals surface area contributed by atoms with Crippen molar-refractivity contribution in [2.24, 2.45) is 0 Å². The lowest BCUT2D eigenvalue weighted by Gasteiger charge is -2.05. The van der Waals surface area contributed by atoms with Gasteiger partial charge in [0.25, 0.3) is 0 Å². The van der Waals surface area contributed by atoms with E-state index in [-0.39, 0.29) is 11.5 Å². The molecule has 0 spiro atoms. The second-order valence-corrected chi connectivity index (χ2v) is 3.61. The van der Waals surface area contributed by atoms with Gasteiger partial charge in [-0.05, 0) is 0 Å². The third-order valence-corrected chi connectivity index (χ3v) is 2.46. The first-order valence-electron chi connectivity index (χ1n) is 4.42. The van der Waals surface area contributed by atoms with Crippen LogP contribution in [0.2, 0.25) is 0 Å². The molecule has 82 valence electrons. The van der Waals surface area contributed by atoms with E-state index in [1.54, 1.807) is 5.51 Å². The molecule has 0 saturated carbocycles. The number of nitrogens with one attached hydrogen (secondary N) is 1. The number of hydrogen-bond donors (Lipinski definition) is 2. The Morgan fingerprint density at radius 2 is 2.19 bits per heavy atom. The monoisotopic (exact) mass is 236 g/mol. The second-order valence-electron chi connectivity index (χ2n) is 2.89. The maximum Gasteiger partial charge on any atom is 0.358 e. The van der Waals surface area contributed by atoms with Gasteiger partial charge in [0.05, 0.1) is 17.7 Å². The zero-order chi connectivity index (χ0) is 11.4. The van der Waals surface area contributed by atoms with E-state index >= 15 is 0 Å². The number of carboxylic acid groups (broad SMARTS) is 1. The van der Waals surface area contributed by atoms with E-state index < -0.39 is 5.97 Å². The molecule has 0 radical (unpaired) electrons. The number of nitrogens with zero attached hydrogens (tertiary/aromatic N) is 3. The molecule has 0 bridgehead atoms. The maximum atomic E-state index is 10.8. The van der Waals surface area contributed by atoms with Crippen LogP contribution in [0.5, 0.6) is 0 Å². The van der Waals surface area contributed by atoms with Crippen LogP contribution in [-0.4, -0.2) is 26.0 Å². The van der Waals surface area contributed by atoms with E-state index in [1.807, 2.05) is 5.38 Å². The molecule has 2 N–H and O–H groups in total. The molecule has 16 heavy (non-hydrogen) atoms. The topological polar surface area (TPSA) is 88.0 Å². The first-order chi connectivity index (χ1) is 7.77. The van der Waals surface area contributed by atoms with E-state index in [2.05, 4.69) is 20.3 Å². The number of hydrogen-bond acceptors (Lipinski definition) is 6. The minimum absolute atomic E-state index is 0.0854. The Morgan fingerprint density at radius 1 is 1.38 bits per heavy atom. The molecule has 0 aliphatic heterocycles. The Kier molecular flexibility index (Phi) is 3.06. The van der Waals surface area contributed by atoms with Crippen molar-refractivity contribution in [3.8, 4) is 0 Å². The number of aromatic carboxylic acids is 1. The Bertz CT molecular complexity index is 486. The summed E-state index contributed by atoms with van der Waals surface area (Å²) in [7, 11) is 0. The van der Waals surface area contributed by atoms with E-state index in [0.29, 0.717) is 6.54 Å². The van der Waals surface area contributed by atoms with Gasteiger partial charge in [-0.2, -0.15) is 0 Å². The molecule has 0 atom stereocenters. The summed E-state index contributed by atoms with van der Waals surface area (Å²) in [5.41, 5.74) is 2.47. The molecule has 0 aromatic carbocycles. The molecule has 2 rings (SSSR count). The van der Waals surface area contributed by atoms with Crippen LogP contribution >= 0.6 is 11.3 Å². The fraction of sp³-hybridized carbons (Fsp3) is 0.111. The molecule has 6 nitrogen and oxygen atoms in total. The summed E-state index contributed by atoms with van der Waals surface area (Å²) in [6, 6.07) is 0. The summed E-state index contributed by atoms with van der Waals surface area (Å²) in [5, 5.41) is 13.6. The van der Waals surface area contributed by atoms with Crippen LogP contribution in [0.1, 0.15) is 16.2 Å². The lowest BCUT2D eigenvalue weighted by molar-refractivity contribution is 0.0691. The predicted molar refractivity (Wildman–Crippen MR) is 58.4 cm³/mol. The van der Waals surface area contributed by atoms with E-state index in [0.717, 1.165) is 5.69 Å². The van der Waals surface area contributed by atoms with Gasteiger partial charge in [0.15, 0.2) is 11.5 Å². The van der Waals surface area contributed by atoms with Crippen LogP contribution in [0.25, 0.3) is 0 Å². The smallest absolute Gasteiger partial charge is 0.358 e. The normalized spacial score (nSPS) is 10.0. The van der Waals surface area contributed by atoms with Gasteiger partial charge >= 0.3 is 5.97 Å². The Morgan fingerprint density at radius 3 is 2.88 bits per heavy atom. The second kappa shape index (κ2) is 4.67. The minimum Gasteiger partial charge on any atom is -0.476 e. The third kappa shape index (κ3) is 2.31. The first kappa shape index (κ1) is 10.5. The summed E-state index contributed by atoms with van der Waals surface area (Å²) in [6.07, 6.45) is 2.79. The van der Waals surface area contributed by atoms with E-state index in [1.165, 1.54) is 23.7 Å². The van der Waals surface area contributed by atoms with E-state index in [4.69, 9.17) is 5.11 Å². The molecule has 7 heteroatoms. The van der Waals surface area contributed by atoms with E-state index in [9.17, 15) is 4.79 Å². The molecule has 2 aromatic rings. The van der Waals surface area contributed by atoms with Crippen molar-refractivity contribution < 1.29 is 9.90 Å².